The Hall–Kier alpha value is -9.92. The van der Waals surface area contributed by atoms with Crippen molar-refractivity contribution in [3.8, 4) is 85.1 Å². The molecule has 0 fully saturated rings. The number of para-hydroxylation sites is 3. The molecule has 8 heteroatoms. The molecule has 1 aliphatic carbocycles. The molecule has 12 aromatic rings. The Balaban J connectivity index is 1.21. The van der Waals surface area contributed by atoms with Crippen molar-refractivity contribution in [2.24, 2.45) is 0 Å². The lowest BCUT2D eigenvalue weighted by Crippen LogP contribution is -2.29. The summed E-state index contributed by atoms with van der Waals surface area (Å²) in [6.07, 6.45) is 7.54. The van der Waals surface area contributed by atoms with Crippen LogP contribution in [-0.4, -0.2) is 40.5 Å². The van der Waals surface area contributed by atoms with Gasteiger partial charge in [-0.2, -0.15) is 0 Å². The van der Waals surface area contributed by atoms with E-state index < -0.39 is 0 Å². The minimum Gasteiger partial charge on any atom is -0.332 e. The van der Waals surface area contributed by atoms with Crippen LogP contribution in [0.15, 0.2) is 249 Å². The van der Waals surface area contributed by atoms with E-state index in [1.807, 2.05) is 72.8 Å². The lowest BCUT2D eigenvalue weighted by Gasteiger charge is -2.34. The highest BCUT2D eigenvalue weighted by Gasteiger charge is 2.40. The fourth-order valence-corrected chi connectivity index (χ4v) is 10.9. The highest BCUT2D eigenvalue weighted by Crippen LogP contribution is 2.56. The van der Waals surface area contributed by atoms with Gasteiger partial charge in [-0.3, -0.25) is 0 Å². The van der Waals surface area contributed by atoms with E-state index in [0.29, 0.717) is 34.9 Å². The Bertz CT molecular complexity index is 3980. The van der Waals surface area contributed by atoms with Crippen LogP contribution in [0.2, 0.25) is 0 Å². The maximum Gasteiger partial charge on any atom is 0.166 e. The first kappa shape index (κ1) is 42.9. The SMILES string of the molecule is C1=CCC2C(=C1)c1ccccc1N2c1c(-c2nc(-c3ccccc3)nc(-c3ccccc3)n2)cc(-c2nc(-c3ccccc3)nc(-c3ccccc3)n2)c(-n2c3ccccc3c3ccccc32)c1-c1ccccc1. The van der Waals surface area contributed by atoms with Crippen molar-refractivity contribution < 1.29 is 0 Å². The van der Waals surface area contributed by atoms with Gasteiger partial charge < -0.3 is 9.47 Å². The second kappa shape index (κ2) is 18.0. The lowest BCUT2D eigenvalue weighted by atomic mass is 9.90. The number of rotatable bonds is 9. The smallest absolute Gasteiger partial charge is 0.166 e. The van der Waals surface area contributed by atoms with E-state index in [4.69, 9.17) is 29.9 Å². The number of anilines is 2. The van der Waals surface area contributed by atoms with E-state index in [-0.39, 0.29) is 6.04 Å². The summed E-state index contributed by atoms with van der Waals surface area (Å²) in [5.74, 6) is 3.27. The fourth-order valence-electron chi connectivity index (χ4n) is 10.9. The Morgan fingerprint density at radius 1 is 0.351 bits per heavy atom. The van der Waals surface area contributed by atoms with Crippen molar-refractivity contribution in [3.63, 3.8) is 0 Å². The molecule has 0 bridgehead atoms. The first-order chi connectivity index (χ1) is 36.7. The molecule has 0 saturated carbocycles. The molecule has 1 atom stereocenters. The molecule has 0 radical (unpaired) electrons. The summed E-state index contributed by atoms with van der Waals surface area (Å²) < 4.78 is 2.43. The molecule has 8 nitrogen and oxygen atoms in total. The van der Waals surface area contributed by atoms with Gasteiger partial charge in [0.05, 0.1) is 28.5 Å². The third kappa shape index (κ3) is 7.30. The zero-order valence-electron chi connectivity index (χ0n) is 40.0. The molecule has 2 aliphatic rings. The maximum absolute atomic E-state index is 5.55. The van der Waals surface area contributed by atoms with E-state index in [1.54, 1.807) is 0 Å². The number of hydrogen-bond donors (Lipinski definition) is 0. The second-order valence-electron chi connectivity index (χ2n) is 18.5. The van der Waals surface area contributed by atoms with E-state index in [9.17, 15) is 0 Å². The predicted octanol–water partition coefficient (Wildman–Crippen LogP) is 15.7. The molecule has 0 saturated heterocycles. The van der Waals surface area contributed by atoms with Gasteiger partial charge in [-0.25, -0.2) is 29.9 Å². The van der Waals surface area contributed by atoms with Crippen LogP contribution in [0.25, 0.3) is 113 Å². The maximum atomic E-state index is 5.55. The summed E-state index contributed by atoms with van der Waals surface area (Å²) >= 11 is 0. The summed E-state index contributed by atoms with van der Waals surface area (Å²) in [7, 11) is 0. The molecule has 348 valence electrons. The van der Waals surface area contributed by atoms with Crippen LogP contribution in [0.4, 0.5) is 11.4 Å². The molecule has 0 spiro atoms. The third-order valence-electron chi connectivity index (χ3n) is 14.2. The Morgan fingerprint density at radius 2 is 0.743 bits per heavy atom. The van der Waals surface area contributed by atoms with Gasteiger partial charge in [0, 0.05) is 61.0 Å². The second-order valence-corrected chi connectivity index (χ2v) is 18.5. The third-order valence-corrected chi connectivity index (χ3v) is 14.2. The minimum absolute atomic E-state index is 0.0500. The topological polar surface area (TPSA) is 85.5 Å². The molecule has 14 rings (SSSR count). The van der Waals surface area contributed by atoms with Crippen LogP contribution in [0.1, 0.15) is 12.0 Å². The zero-order valence-corrected chi connectivity index (χ0v) is 40.0. The van der Waals surface area contributed by atoms with Gasteiger partial charge in [0.15, 0.2) is 34.9 Å². The van der Waals surface area contributed by atoms with Gasteiger partial charge in [-0.05, 0) is 41.8 Å². The number of aromatic nitrogens is 7. The number of hydrogen-bond acceptors (Lipinski definition) is 7. The van der Waals surface area contributed by atoms with Gasteiger partial charge in [-0.1, -0.05) is 224 Å². The standard InChI is InChI=1S/C66H44N8/c1-6-24-43(25-7-1)58-59(73-54-38-20-16-34-48(54)49-35-17-21-39-55(49)73)52(65-69-61(44-26-8-2-9-27-44)67-62(70-65)45-28-10-3-11-29-45)42-53(60(58)74-56-40-22-18-36-50(56)51-37-19-23-41-57(51)74)66-71-63(46-30-12-4-13-31-46)68-64(72-66)47-32-14-5-15-33-47/h1-40,42,57H,41H2. The number of nitrogens with zero attached hydrogens (tertiary/aromatic N) is 8. The monoisotopic (exact) mass is 948 g/mol. The molecule has 0 amide bonds. The van der Waals surface area contributed by atoms with Crippen molar-refractivity contribution in [3.05, 3.63) is 254 Å². The van der Waals surface area contributed by atoms with Gasteiger partial charge in [-0.15, -0.1) is 0 Å². The van der Waals surface area contributed by atoms with E-state index in [2.05, 4.69) is 185 Å². The quantitative estimate of drug-likeness (QED) is 0.142. The molecule has 1 unspecified atom stereocenters. The molecule has 1 aliphatic heterocycles. The van der Waals surface area contributed by atoms with Crippen molar-refractivity contribution in [2.45, 2.75) is 12.5 Å². The molecule has 4 heterocycles. The molecular weight excluding hydrogens is 905 g/mol. The highest BCUT2D eigenvalue weighted by atomic mass is 15.2. The lowest BCUT2D eigenvalue weighted by molar-refractivity contribution is 0.829. The largest absolute Gasteiger partial charge is 0.332 e. The minimum atomic E-state index is -0.0500. The average molecular weight is 949 g/mol. The van der Waals surface area contributed by atoms with E-state index in [1.165, 1.54) is 11.1 Å². The summed E-state index contributed by atoms with van der Waals surface area (Å²) in [5.41, 5.74) is 14.6. The van der Waals surface area contributed by atoms with Crippen molar-refractivity contribution >= 4 is 38.8 Å². The Kier molecular flexibility index (Phi) is 10.5. The zero-order chi connectivity index (χ0) is 49.0. The van der Waals surface area contributed by atoms with E-state index >= 15 is 0 Å². The Labute approximate surface area is 428 Å². The van der Waals surface area contributed by atoms with Gasteiger partial charge in [0.2, 0.25) is 0 Å². The van der Waals surface area contributed by atoms with Gasteiger partial charge >= 0.3 is 0 Å². The summed E-state index contributed by atoms with van der Waals surface area (Å²) in [6.45, 7) is 0. The van der Waals surface area contributed by atoms with Crippen LogP contribution in [0.3, 0.4) is 0 Å². The molecule has 3 aromatic heterocycles. The van der Waals surface area contributed by atoms with Crippen LogP contribution in [0.5, 0.6) is 0 Å². The fraction of sp³-hybridized carbons (Fsp3) is 0.0303. The molecule has 0 N–H and O–H groups in total. The average Bonchev–Trinajstić information content (AvgIpc) is 4.01. The molecule has 9 aromatic carbocycles. The normalized spacial score (nSPS) is 13.8. The van der Waals surface area contributed by atoms with Gasteiger partial charge in [0.1, 0.15) is 0 Å². The first-order valence-electron chi connectivity index (χ1n) is 25.0. The highest BCUT2D eigenvalue weighted by molar-refractivity contribution is 6.13. The Morgan fingerprint density at radius 3 is 1.23 bits per heavy atom. The number of fused-ring (bicyclic) bond motifs is 6. The number of benzene rings is 9. The summed E-state index contributed by atoms with van der Waals surface area (Å²) in [5, 5.41) is 2.27. The van der Waals surface area contributed by atoms with Crippen LogP contribution < -0.4 is 4.90 Å². The predicted molar refractivity (Wildman–Crippen MR) is 300 cm³/mol. The van der Waals surface area contributed by atoms with Crippen LogP contribution >= 0.6 is 0 Å². The van der Waals surface area contributed by atoms with E-state index in [0.717, 1.165) is 89.8 Å². The summed E-state index contributed by atoms with van der Waals surface area (Å²) in [6, 6.07) is 79.9. The van der Waals surface area contributed by atoms with Gasteiger partial charge in [0.25, 0.3) is 0 Å². The number of allylic oxidation sites excluding steroid dienone is 2. The molecule has 74 heavy (non-hydrogen) atoms. The van der Waals surface area contributed by atoms with Crippen LogP contribution in [-0.2, 0) is 0 Å². The van der Waals surface area contributed by atoms with Crippen molar-refractivity contribution in [1.29, 1.82) is 0 Å². The van der Waals surface area contributed by atoms with Crippen LogP contribution in [0, 0.1) is 0 Å². The van der Waals surface area contributed by atoms with Crippen molar-refractivity contribution in [1.82, 2.24) is 34.5 Å². The van der Waals surface area contributed by atoms with Crippen molar-refractivity contribution in [2.75, 3.05) is 4.90 Å². The first-order valence-corrected chi connectivity index (χ1v) is 25.0. The summed E-state index contributed by atoms with van der Waals surface area (Å²) in [4.78, 5) is 35.1. The molecular formula is C66H44N8.